The Balaban J connectivity index is 3.14. The largest absolute Gasteiger partial charge is 0.478 e. The number of hydrogen-bond acceptors (Lipinski definition) is 2. The van der Waals surface area contributed by atoms with Crippen LogP contribution in [0.4, 0.5) is 0 Å². The van der Waals surface area contributed by atoms with Crippen LogP contribution >= 0.6 is 0 Å². The van der Waals surface area contributed by atoms with Crippen LogP contribution in [0.25, 0.3) is 0 Å². The smallest absolute Gasteiger partial charge is 0.336 e. The fraction of sp³-hybridized carbons (Fsp3) is 0.308. The molecule has 0 bridgehead atoms. The third kappa shape index (κ3) is 2.86. The van der Waals surface area contributed by atoms with Gasteiger partial charge in [0.2, 0.25) is 0 Å². The van der Waals surface area contributed by atoms with E-state index in [4.69, 9.17) is 9.84 Å². The zero-order chi connectivity index (χ0) is 12.1. The minimum atomic E-state index is -0.917. The first-order chi connectivity index (χ1) is 7.56. The van der Waals surface area contributed by atoms with Crippen LogP contribution in [0.2, 0.25) is 0 Å². The molecule has 16 heavy (non-hydrogen) atoms. The third-order valence-corrected chi connectivity index (χ3v) is 2.14. The number of rotatable bonds is 4. The van der Waals surface area contributed by atoms with E-state index in [2.05, 4.69) is 0 Å². The number of benzene rings is 1. The molecule has 0 amide bonds. The van der Waals surface area contributed by atoms with Crippen molar-refractivity contribution < 1.29 is 14.6 Å². The van der Waals surface area contributed by atoms with Crippen LogP contribution in [0.15, 0.2) is 30.0 Å². The second-order valence-corrected chi connectivity index (χ2v) is 3.75. The quantitative estimate of drug-likeness (QED) is 0.792. The number of carbonyl (C=O) groups is 1. The fourth-order valence-electron chi connectivity index (χ4n) is 1.42. The minimum Gasteiger partial charge on any atom is -0.478 e. The van der Waals surface area contributed by atoms with E-state index in [1.165, 1.54) is 0 Å². The van der Waals surface area contributed by atoms with Gasteiger partial charge in [-0.2, -0.15) is 0 Å². The first-order valence-corrected chi connectivity index (χ1v) is 5.21. The van der Waals surface area contributed by atoms with Gasteiger partial charge in [0.15, 0.2) is 0 Å². The molecule has 0 saturated carbocycles. The maximum absolute atomic E-state index is 11.0. The Morgan fingerprint density at radius 2 is 2.12 bits per heavy atom. The van der Waals surface area contributed by atoms with Crippen molar-refractivity contribution in [2.75, 3.05) is 0 Å². The third-order valence-electron chi connectivity index (χ3n) is 2.14. The van der Waals surface area contributed by atoms with E-state index in [1.807, 2.05) is 20.8 Å². The van der Waals surface area contributed by atoms with Crippen molar-refractivity contribution in [3.8, 4) is 5.75 Å². The predicted molar refractivity (Wildman–Crippen MR) is 62.8 cm³/mol. The molecule has 0 spiro atoms. The summed E-state index contributed by atoms with van der Waals surface area (Å²) in [6.45, 7) is 5.76. The Morgan fingerprint density at radius 1 is 1.44 bits per heavy atom. The number of aromatic carboxylic acids is 1. The molecule has 0 aliphatic heterocycles. The van der Waals surface area contributed by atoms with Crippen molar-refractivity contribution in [3.05, 3.63) is 41.2 Å². The Hall–Kier alpha value is -1.77. The summed E-state index contributed by atoms with van der Waals surface area (Å²) in [5.74, 6) is -0.303. The number of carboxylic acids is 1. The Kier molecular flexibility index (Phi) is 4.11. The van der Waals surface area contributed by atoms with E-state index in [9.17, 15) is 4.79 Å². The first-order valence-electron chi connectivity index (χ1n) is 5.21. The summed E-state index contributed by atoms with van der Waals surface area (Å²) in [6.07, 6.45) is 2.26. The molecule has 0 radical (unpaired) electrons. The maximum atomic E-state index is 11.0. The van der Waals surface area contributed by atoms with Crippen molar-refractivity contribution in [2.45, 2.75) is 27.2 Å². The molecule has 0 heterocycles. The first kappa shape index (κ1) is 12.3. The number of ether oxygens (including phenoxy) is 1. The van der Waals surface area contributed by atoms with Gasteiger partial charge in [-0.3, -0.25) is 0 Å². The molecule has 1 aromatic carbocycles. The van der Waals surface area contributed by atoms with Crippen LogP contribution in [0.5, 0.6) is 5.75 Å². The standard InChI is InChI=1S/C13H16O3/c1-4-10-11(13(14)15)6-5-7-12(10)16-8-9(2)3/h5-8H,4H2,1-3H3,(H,14,15). The zero-order valence-corrected chi connectivity index (χ0v) is 9.78. The molecule has 1 N–H and O–H groups in total. The molecule has 86 valence electrons. The molecule has 1 rings (SSSR count). The van der Waals surface area contributed by atoms with Gasteiger partial charge in [0.1, 0.15) is 5.75 Å². The number of allylic oxidation sites excluding steroid dienone is 1. The summed E-state index contributed by atoms with van der Waals surface area (Å²) < 4.78 is 5.45. The van der Waals surface area contributed by atoms with E-state index >= 15 is 0 Å². The van der Waals surface area contributed by atoms with Crippen LogP contribution in [-0.2, 0) is 6.42 Å². The fourth-order valence-corrected chi connectivity index (χ4v) is 1.42. The summed E-state index contributed by atoms with van der Waals surface area (Å²) in [5.41, 5.74) is 2.07. The van der Waals surface area contributed by atoms with Gasteiger partial charge in [0.25, 0.3) is 0 Å². The highest BCUT2D eigenvalue weighted by molar-refractivity contribution is 5.90. The molecule has 0 saturated heterocycles. The summed E-state index contributed by atoms with van der Waals surface area (Å²) in [4.78, 5) is 11.0. The SMILES string of the molecule is CCc1c(OC=C(C)C)cccc1C(=O)O. The minimum absolute atomic E-state index is 0.308. The van der Waals surface area contributed by atoms with Gasteiger partial charge < -0.3 is 9.84 Å². The van der Waals surface area contributed by atoms with Crippen molar-refractivity contribution in [1.82, 2.24) is 0 Å². The highest BCUT2D eigenvalue weighted by Crippen LogP contribution is 2.23. The van der Waals surface area contributed by atoms with E-state index in [0.717, 1.165) is 11.1 Å². The molecular weight excluding hydrogens is 204 g/mol. The lowest BCUT2D eigenvalue weighted by atomic mass is 10.0. The van der Waals surface area contributed by atoms with E-state index in [-0.39, 0.29) is 0 Å². The summed E-state index contributed by atoms with van der Waals surface area (Å²) in [6, 6.07) is 5.07. The van der Waals surface area contributed by atoms with Gasteiger partial charge in [0, 0.05) is 5.56 Å². The van der Waals surface area contributed by atoms with Gasteiger partial charge in [-0.05, 0) is 38.0 Å². The lowest BCUT2D eigenvalue weighted by molar-refractivity contribution is 0.0695. The monoisotopic (exact) mass is 220 g/mol. The number of carboxylic acid groups (broad SMARTS) is 1. The van der Waals surface area contributed by atoms with Gasteiger partial charge in [-0.1, -0.05) is 13.0 Å². The molecule has 0 fully saturated rings. The van der Waals surface area contributed by atoms with E-state index in [1.54, 1.807) is 24.5 Å². The molecule has 0 aliphatic rings. The molecule has 0 unspecified atom stereocenters. The van der Waals surface area contributed by atoms with Crippen LogP contribution in [0.3, 0.4) is 0 Å². The zero-order valence-electron chi connectivity index (χ0n) is 9.78. The maximum Gasteiger partial charge on any atom is 0.336 e. The van der Waals surface area contributed by atoms with Crippen LogP contribution < -0.4 is 4.74 Å². The molecule has 1 aromatic rings. The highest BCUT2D eigenvalue weighted by Gasteiger charge is 2.12. The molecule has 3 nitrogen and oxygen atoms in total. The van der Waals surface area contributed by atoms with Gasteiger partial charge in [-0.15, -0.1) is 0 Å². The lowest BCUT2D eigenvalue weighted by Gasteiger charge is -2.09. The summed E-state index contributed by atoms with van der Waals surface area (Å²) >= 11 is 0. The van der Waals surface area contributed by atoms with E-state index in [0.29, 0.717) is 17.7 Å². The number of hydrogen-bond donors (Lipinski definition) is 1. The molecule has 0 aromatic heterocycles. The Bertz CT molecular complexity index is 415. The Labute approximate surface area is 95.4 Å². The van der Waals surface area contributed by atoms with Gasteiger partial charge in [0.05, 0.1) is 11.8 Å². The second kappa shape index (κ2) is 5.35. The predicted octanol–water partition coefficient (Wildman–Crippen LogP) is 3.25. The Morgan fingerprint density at radius 3 is 2.62 bits per heavy atom. The highest BCUT2D eigenvalue weighted by atomic mass is 16.5. The van der Waals surface area contributed by atoms with Crippen molar-refractivity contribution in [1.29, 1.82) is 0 Å². The van der Waals surface area contributed by atoms with Gasteiger partial charge in [-0.25, -0.2) is 4.79 Å². The van der Waals surface area contributed by atoms with Crippen LogP contribution in [0, 0.1) is 0 Å². The molecule has 3 heteroatoms. The molecular formula is C13H16O3. The normalized spacial score (nSPS) is 9.69. The van der Waals surface area contributed by atoms with Crippen LogP contribution in [0.1, 0.15) is 36.7 Å². The molecule has 0 aliphatic carbocycles. The summed E-state index contributed by atoms with van der Waals surface area (Å²) in [5, 5.41) is 9.03. The lowest BCUT2D eigenvalue weighted by Crippen LogP contribution is -2.03. The topological polar surface area (TPSA) is 46.5 Å². The van der Waals surface area contributed by atoms with Crippen molar-refractivity contribution >= 4 is 5.97 Å². The summed E-state index contributed by atoms with van der Waals surface area (Å²) in [7, 11) is 0. The van der Waals surface area contributed by atoms with Crippen molar-refractivity contribution in [2.24, 2.45) is 0 Å². The van der Waals surface area contributed by atoms with Crippen LogP contribution in [-0.4, -0.2) is 11.1 Å². The molecule has 0 atom stereocenters. The van der Waals surface area contributed by atoms with Crippen molar-refractivity contribution in [3.63, 3.8) is 0 Å². The average Bonchev–Trinajstić information content (AvgIpc) is 2.25. The average molecular weight is 220 g/mol. The van der Waals surface area contributed by atoms with Gasteiger partial charge >= 0.3 is 5.97 Å². The second-order valence-electron chi connectivity index (χ2n) is 3.75. The van der Waals surface area contributed by atoms with E-state index < -0.39 is 5.97 Å².